The summed E-state index contributed by atoms with van der Waals surface area (Å²) in [6, 6.07) is 0. The van der Waals surface area contributed by atoms with E-state index < -0.39 is 13.1 Å². The summed E-state index contributed by atoms with van der Waals surface area (Å²) in [6.07, 6.45) is 18.0. The minimum absolute atomic E-state index is 0.125. The Morgan fingerprint density at radius 3 is 2.18 bits per heavy atom. The van der Waals surface area contributed by atoms with E-state index in [1.165, 1.54) is 70.6 Å². The van der Waals surface area contributed by atoms with Crippen molar-refractivity contribution in [1.29, 1.82) is 0 Å². The van der Waals surface area contributed by atoms with E-state index in [0.717, 1.165) is 71.8 Å². The topological polar surface area (TPSA) is 55.8 Å². The maximum atomic E-state index is 11.8. The van der Waals surface area contributed by atoms with E-state index in [-0.39, 0.29) is 5.60 Å². The van der Waals surface area contributed by atoms with Gasteiger partial charge >= 0.3 is 6.95 Å². The van der Waals surface area contributed by atoms with Gasteiger partial charge in [-0.15, -0.1) is 0 Å². The fraction of sp³-hybridized carbons (Fsp3) is 0.818. The van der Waals surface area contributed by atoms with Gasteiger partial charge in [0.1, 0.15) is 17.5 Å². The van der Waals surface area contributed by atoms with Crippen molar-refractivity contribution in [3.8, 4) is 0 Å². The number of hydrogen-bond acceptors (Lipinski definition) is 3. The van der Waals surface area contributed by atoms with Crippen LogP contribution in [0.1, 0.15) is 138 Å². The average Bonchev–Trinajstić information content (AvgIpc) is 3.68. The third-order valence-corrected chi connectivity index (χ3v) is 10.3. The van der Waals surface area contributed by atoms with Gasteiger partial charge in [0.2, 0.25) is 0 Å². The predicted molar refractivity (Wildman–Crippen MR) is 165 cm³/mol. The number of rotatable bonds is 17. The first-order chi connectivity index (χ1) is 18.3. The van der Waals surface area contributed by atoms with Gasteiger partial charge in [0.05, 0.1) is 0 Å². The third-order valence-electron chi connectivity index (χ3n) is 9.57. The molecule has 1 saturated carbocycles. The van der Waals surface area contributed by atoms with Crippen LogP contribution in [0.5, 0.6) is 0 Å². The lowest BCUT2D eigenvalue weighted by molar-refractivity contribution is -0.0384. The van der Waals surface area contributed by atoms with Gasteiger partial charge in [0.15, 0.2) is 0 Å². The minimum Gasteiger partial charge on any atom is -0.487 e. The van der Waals surface area contributed by atoms with Gasteiger partial charge in [-0.05, 0) is 98.3 Å². The molecule has 39 heavy (non-hydrogen) atoms. The van der Waals surface area contributed by atoms with Crippen LogP contribution < -0.4 is 0 Å². The van der Waals surface area contributed by atoms with E-state index in [4.69, 9.17) is 20.5 Å². The summed E-state index contributed by atoms with van der Waals surface area (Å²) in [6.45, 7) is 13.5. The van der Waals surface area contributed by atoms with E-state index in [2.05, 4.69) is 34.3 Å². The van der Waals surface area contributed by atoms with Crippen molar-refractivity contribution in [2.45, 2.75) is 150 Å². The second-order valence-corrected chi connectivity index (χ2v) is 16.1. The molecule has 2 aliphatic carbocycles. The first-order valence-corrected chi connectivity index (χ1v) is 18.3. The first kappa shape index (κ1) is 33.0. The summed E-state index contributed by atoms with van der Waals surface area (Å²) in [5, 5.41) is 0. The van der Waals surface area contributed by atoms with Gasteiger partial charge in [-0.25, -0.2) is 4.57 Å². The van der Waals surface area contributed by atoms with E-state index >= 15 is 0 Å². The molecule has 1 saturated heterocycles. The van der Waals surface area contributed by atoms with Gasteiger partial charge in [0.25, 0.3) is 0 Å². The molecule has 1 heterocycles. The van der Waals surface area contributed by atoms with Crippen LogP contribution in [-0.2, 0) is 13.8 Å². The van der Waals surface area contributed by atoms with Crippen LogP contribution in [0, 0.1) is 23.7 Å². The molecule has 0 radical (unpaired) electrons. The molecule has 0 aromatic carbocycles. The Morgan fingerprint density at radius 2 is 1.62 bits per heavy atom. The van der Waals surface area contributed by atoms with Crippen LogP contribution in [0.15, 0.2) is 34.6 Å². The molecule has 224 valence electrons. The standard InChI is InChI=1S/C33H56ClO4P/c1-23(2)11-8-12-24(3)13-9-14-25(4)15-10-20-33(21-18-29-16-17-29)22-19-30-28(7)31(38-39(34,35)36)26(5)27(6)32(30)37-33/h23-25,29,31H,5,8-22H2,1-4,6-7H3,(H,35,36). The Morgan fingerprint density at radius 1 is 1.03 bits per heavy atom. The Hall–Kier alpha value is -0.540. The largest absolute Gasteiger partial charge is 0.487 e. The molecule has 5 atom stereocenters. The van der Waals surface area contributed by atoms with E-state index in [0.29, 0.717) is 5.57 Å². The van der Waals surface area contributed by atoms with Crippen molar-refractivity contribution in [1.82, 2.24) is 0 Å². The second kappa shape index (κ2) is 14.6. The number of fused-ring (bicyclic) bond motifs is 1. The number of halogens is 1. The van der Waals surface area contributed by atoms with Crippen molar-refractivity contribution in [3.05, 3.63) is 34.6 Å². The van der Waals surface area contributed by atoms with Crippen LogP contribution >= 0.6 is 18.2 Å². The SMILES string of the molecule is C=C1C(C)=C2OC(CCCC(C)CCCC(C)CCCC(C)C)(CCC3CC3)CCC2=C(C)C1OP(=O)(O)Cl. The summed E-state index contributed by atoms with van der Waals surface area (Å²) < 4.78 is 24.2. The molecular weight excluding hydrogens is 527 g/mol. The quantitative estimate of drug-likeness (QED) is 0.173. The Balaban J connectivity index is 1.56. The average molecular weight is 583 g/mol. The van der Waals surface area contributed by atoms with Gasteiger partial charge in [-0.2, -0.15) is 0 Å². The molecule has 4 nitrogen and oxygen atoms in total. The van der Waals surface area contributed by atoms with E-state index in [1.54, 1.807) is 0 Å². The maximum Gasteiger partial charge on any atom is 0.422 e. The zero-order valence-corrected chi connectivity index (χ0v) is 27.3. The minimum atomic E-state index is -4.16. The molecule has 1 aliphatic heterocycles. The molecule has 0 aromatic rings. The lowest BCUT2D eigenvalue weighted by atomic mass is 9.76. The zero-order chi connectivity index (χ0) is 28.8. The van der Waals surface area contributed by atoms with Crippen LogP contribution in [0.4, 0.5) is 0 Å². The summed E-state index contributed by atoms with van der Waals surface area (Å²) in [5.74, 6) is 4.24. The highest BCUT2D eigenvalue weighted by Gasteiger charge is 2.43. The number of hydrogen-bond donors (Lipinski definition) is 1. The van der Waals surface area contributed by atoms with Gasteiger partial charge in [0, 0.05) is 11.2 Å². The summed E-state index contributed by atoms with van der Waals surface area (Å²) in [4.78, 5) is 9.66. The molecule has 3 aliphatic rings. The molecule has 6 heteroatoms. The highest BCUT2D eigenvalue weighted by atomic mass is 35.7. The van der Waals surface area contributed by atoms with Gasteiger partial charge in [-0.3, -0.25) is 4.52 Å². The molecule has 3 rings (SSSR count). The molecule has 0 bridgehead atoms. The van der Waals surface area contributed by atoms with Crippen molar-refractivity contribution >= 4 is 18.2 Å². The highest BCUT2D eigenvalue weighted by molar-refractivity contribution is 7.80. The fourth-order valence-electron chi connectivity index (χ4n) is 6.61. The van der Waals surface area contributed by atoms with Crippen molar-refractivity contribution in [3.63, 3.8) is 0 Å². The van der Waals surface area contributed by atoms with Crippen LogP contribution in [-0.4, -0.2) is 16.6 Å². The number of ether oxygens (including phenoxy) is 1. The predicted octanol–water partition coefficient (Wildman–Crippen LogP) is 11.0. The van der Waals surface area contributed by atoms with Crippen molar-refractivity contribution in [2.75, 3.05) is 0 Å². The van der Waals surface area contributed by atoms with Crippen LogP contribution in [0.25, 0.3) is 0 Å². The lowest BCUT2D eigenvalue weighted by Gasteiger charge is -2.44. The van der Waals surface area contributed by atoms with Gasteiger partial charge < -0.3 is 9.63 Å². The molecule has 0 amide bonds. The summed E-state index contributed by atoms with van der Waals surface area (Å²) in [5.41, 5.74) is 3.48. The number of allylic oxidation sites excluding steroid dienone is 1. The molecule has 5 unspecified atom stereocenters. The van der Waals surface area contributed by atoms with Crippen LogP contribution in [0.3, 0.4) is 0 Å². The molecule has 1 N–H and O–H groups in total. The normalized spacial score (nSPS) is 26.9. The van der Waals surface area contributed by atoms with Crippen molar-refractivity contribution < 1.29 is 18.7 Å². The molecular formula is C33H56ClO4P. The highest BCUT2D eigenvalue weighted by Crippen LogP contribution is 2.54. The van der Waals surface area contributed by atoms with Crippen molar-refractivity contribution in [2.24, 2.45) is 23.7 Å². The Labute approximate surface area is 244 Å². The first-order valence-electron chi connectivity index (χ1n) is 15.8. The maximum absolute atomic E-state index is 11.8. The molecule has 0 aromatic heterocycles. The van der Waals surface area contributed by atoms with Gasteiger partial charge in [-0.1, -0.05) is 92.1 Å². The smallest absolute Gasteiger partial charge is 0.422 e. The summed E-state index contributed by atoms with van der Waals surface area (Å²) in [7, 11) is 0. The Bertz CT molecular complexity index is 943. The second-order valence-electron chi connectivity index (χ2n) is 13.7. The fourth-order valence-corrected chi connectivity index (χ4v) is 7.40. The molecule has 2 fully saturated rings. The molecule has 0 spiro atoms. The van der Waals surface area contributed by atoms with E-state index in [9.17, 15) is 9.46 Å². The summed E-state index contributed by atoms with van der Waals surface area (Å²) >= 11 is 5.58. The van der Waals surface area contributed by atoms with E-state index in [1.807, 2.05) is 13.8 Å². The lowest BCUT2D eigenvalue weighted by Crippen LogP contribution is -2.39. The Kier molecular flexibility index (Phi) is 12.3. The zero-order valence-electron chi connectivity index (χ0n) is 25.7. The third kappa shape index (κ3) is 10.4. The van der Waals surface area contributed by atoms with Crippen LogP contribution in [0.2, 0.25) is 0 Å². The monoisotopic (exact) mass is 582 g/mol.